The van der Waals surface area contributed by atoms with Gasteiger partial charge in [0.25, 0.3) is 0 Å². The van der Waals surface area contributed by atoms with Gasteiger partial charge in [0.05, 0.1) is 6.61 Å². The minimum absolute atomic E-state index is 0. The molecule has 0 unspecified atom stereocenters. The predicted octanol–water partition coefficient (Wildman–Crippen LogP) is -1.63. The molecule has 0 bridgehead atoms. The molecule has 0 amide bonds. The van der Waals surface area contributed by atoms with Crippen molar-refractivity contribution in [1.29, 1.82) is 0 Å². The second-order valence-electron chi connectivity index (χ2n) is 1.96. The van der Waals surface area contributed by atoms with Crippen LogP contribution in [0.3, 0.4) is 0 Å². The van der Waals surface area contributed by atoms with Crippen LogP contribution >= 0.6 is 0 Å². The zero-order valence-corrected chi connectivity index (χ0v) is 6.62. The van der Waals surface area contributed by atoms with Gasteiger partial charge in [0, 0.05) is 13.1 Å². The maximum Gasteiger partial charge on any atom is 0.320 e. The van der Waals surface area contributed by atoms with Crippen LogP contribution in [0.2, 0.25) is 0 Å². The Balaban J connectivity index is 0. The van der Waals surface area contributed by atoms with E-state index in [1.807, 2.05) is 0 Å². The van der Waals surface area contributed by atoms with Gasteiger partial charge >= 0.3 is 29.0 Å². The summed E-state index contributed by atoms with van der Waals surface area (Å²) in [6, 6.07) is 0. The number of hydrogen-bond acceptors (Lipinski definition) is 4. The molecular weight excluding hydrogens is 172 g/mol. The van der Waals surface area contributed by atoms with Gasteiger partial charge < -0.3 is 10.8 Å². The van der Waals surface area contributed by atoms with E-state index in [1.54, 1.807) is 6.92 Å². The topological polar surface area (TPSA) is 75.8 Å². The fraction of sp³-hybridized carbons (Fsp3) is 0.833. The third-order valence-corrected chi connectivity index (χ3v) is 1.00. The fourth-order valence-electron chi connectivity index (χ4n) is 0.667. The number of carboxylic acid groups (broad SMARTS) is 1. The smallest absolute Gasteiger partial charge is 0.320 e. The Kier molecular flexibility index (Phi) is 11.2. The molecule has 12 heavy (non-hydrogen) atoms. The molecule has 0 rings (SSSR count). The maximum atomic E-state index is 10.2. The Labute approximate surface area is 88.0 Å². The van der Waals surface area contributed by atoms with Gasteiger partial charge in [-0.05, 0) is 6.92 Å². The van der Waals surface area contributed by atoms with E-state index in [1.165, 1.54) is 5.06 Å². The first kappa shape index (κ1) is 14.6. The van der Waals surface area contributed by atoms with Crippen LogP contribution in [0.25, 0.3) is 0 Å². The summed E-state index contributed by atoms with van der Waals surface area (Å²) in [6.45, 7) is 2.98. The van der Waals surface area contributed by atoms with Crippen molar-refractivity contribution >= 4 is 29.0 Å². The normalized spacial score (nSPS) is 9.58. The first-order valence-electron chi connectivity index (χ1n) is 3.50. The van der Waals surface area contributed by atoms with Gasteiger partial charge in [0.1, 0.15) is 6.54 Å². The monoisotopic (exact) mass is 188 g/mol. The highest BCUT2D eigenvalue weighted by molar-refractivity contribution is 5.75. The second kappa shape index (κ2) is 9.21. The van der Waals surface area contributed by atoms with Crippen molar-refractivity contribution in [2.75, 3.05) is 26.2 Å². The molecule has 0 radical (unpaired) electrons. The Morgan fingerprint density at radius 1 is 1.67 bits per heavy atom. The lowest BCUT2D eigenvalue weighted by Gasteiger charge is -2.17. The minimum Gasteiger partial charge on any atom is -0.480 e. The molecule has 6 heteroatoms. The lowest BCUT2D eigenvalue weighted by atomic mass is 10.5. The lowest BCUT2D eigenvalue weighted by Crippen LogP contribution is -2.34. The highest BCUT2D eigenvalue weighted by Gasteiger charge is 2.07. The molecule has 0 spiro atoms. The number of aliphatic carboxylic acids is 1. The van der Waals surface area contributed by atoms with Crippen LogP contribution in [0.4, 0.5) is 0 Å². The van der Waals surface area contributed by atoms with Gasteiger partial charge in [-0.1, -0.05) is 0 Å². The molecule has 0 saturated carbocycles. The van der Waals surface area contributed by atoms with E-state index < -0.39 is 5.97 Å². The highest BCUT2D eigenvalue weighted by Crippen LogP contribution is 1.87. The largest absolute Gasteiger partial charge is 0.480 e. The van der Waals surface area contributed by atoms with Crippen LogP contribution in [-0.4, -0.2) is 65.4 Å². The predicted molar refractivity (Wildman–Crippen MR) is 48.4 cm³/mol. The van der Waals surface area contributed by atoms with E-state index in [4.69, 9.17) is 15.7 Å². The lowest BCUT2D eigenvalue weighted by molar-refractivity contribution is -0.172. The SMILES string of the molecule is CCON(CCN)CC(=O)O.[MgH2]. The second-order valence-corrected chi connectivity index (χ2v) is 1.96. The van der Waals surface area contributed by atoms with E-state index in [0.29, 0.717) is 19.7 Å². The summed E-state index contributed by atoms with van der Waals surface area (Å²) >= 11 is 0. The van der Waals surface area contributed by atoms with E-state index >= 15 is 0 Å². The summed E-state index contributed by atoms with van der Waals surface area (Å²) in [5.41, 5.74) is 5.22. The molecule has 0 heterocycles. The average molecular weight is 189 g/mol. The number of carbonyl (C=O) groups is 1. The number of hydrogen-bond donors (Lipinski definition) is 2. The molecule has 0 saturated heterocycles. The first-order valence-corrected chi connectivity index (χ1v) is 3.50. The summed E-state index contributed by atoms with van der Waals surface area (Å²) in [6.07, 6.45) is 0. The van der Waals surface area contributed by atoms with Crippen LogP contribution < -0.4 is 5.73 Å². The fourth-order valence-corrected chi connectivity index (χ4v) is 0.667. The number of hydroxylamine groups is 2. The maximum absolute atomic E-state index is 10.2. The third kappa shape index (κ3) is 8.22. The molecule has 0 atom stereocenters. The molecule has 70 valence electrons. The molecular formula is C6H16MgN2O3. The third-order valence-electron chi connectivity index (χ3n) is 1.00. The van der Waals surface area contributed by atoms with Crippen molar-refractivity contribution in [1.82, 2.24) is 5.06 Å². The molecule has 0 fully saturated rings. The number of nitrogens with zero attached hydrogens (tertiary/aromatic N) is 1. The Morgan fingerprint density at radius 2 is 2.25 bits per heavy atom. The average Bonchev–Trinajstić information content (AvgIpc) is 1.87. The van der Waals surface area contributed by atoms with Crippen molar-refractivity contribution in [2.24, 2.45) is 5.73 Å². The van der Waals surface area contributed by atoms with Crippen LogP contribution in [0.1, 0.15) is 6.92 Å². The van der Waals surface area contributed by atoms with Crippen LogP contribution in [0, 0.1) is 0 Å². The van der Waals surface area contributed by atoms with E-state index in [2.05, 4.69) is 0 Å². The summed E-state index contributed by atoms with van der Waals surface area (Å²) < 4.78 is 0. The molecule has 0 aromatic heterocycles. The van der Waals surface area contributed by atoms with E-state index in [9.17, 15) is 4.79 Å². The standard InChI is InChI=1S/C6H14N2O3.Mg.2H/c1-2-11-8(4-3-7)5-6(9)10;;;/h2-5,7H2,1H3,(H,9,10);;;. The van der Waals surface area contributed by atoms with Gasteiger partial charge in [0.2, 0.25) is 0 Å². The summed E-state index contributed by atoms with van der Waals surface area (Å²) in [4.78, 5) is 15.2. The zero-order chi connectivity index (χ0) is 8.69. The van der Waals surface area contributed by atoms with Crippen molar-refractivity contribution in [3.63, 3.8) is 0 Å². The van der Waals surface area contributed by atoms with Crippen molar-refractivity contribution in [2.45, 2.75) is 6.92 Å². The van der Waals surface area contributed by atoms with Gasteiger partial charge in [-0.15, -0.1) is 0 Å². The number of carboxylic acids is 1. The molecule has 0 aliphatic carbocycles. The van der Waals surface area contributed by atoms with Crippen molar-refractivity contribution < 1.29 is 14.7 Å². The van der Waals surface area contributed by atoms with E-state index in [0.717, 1.165) is 0 Å². The van der Waals surface area contributed by atoms with Gasteiger partial charge in [-0.25, -0.2) is 0 Å². The Morgan fingerprint density at radius 3 is 2.58 bits per heavy atom. The molecule has 0 aromatic carbocycles. The van der Waals surface area contributed by atoms with Crippen LogP contribution in [0.5, 0.6) is 0 Å². The van der Waals surface area contributed by atoms with Gasteiger partial charge in [0.15, 0.2) is 0 Å². The molecule has 5 nitrogen and oxygen atoms in total. The van der Waals surface area contributed by atoms with Gasteiger partial charge in [-0.2, -0.15) is 5.06 Å². The van der Waals surface area contributed by atoms with Crippen LogP contribution in [0.15, 0.2) is 0 Å². The zero-order valence-electron chi connectivity index (χ0n) is 6.62. The Bertz CT molecular complexity index is 117. The van der Waals surface area contributed by atoms with Gasteiger partial charge in [-0.3, -0.25) is 9.63 Å². The van der Waals surface area contributed by atoms with E-state index in [-0.39, 0.29) is 29.6 Å². The number of rotatable bonds is 6. The quantitative estimate of drug-likeness (QED) is 0.387. The molecule has 0 aliphatic rings. The molecule has 0 aromatic rings. The molecule has 0 aliphatic heterocycles. The number of nitrogens with two attached hydrogens (primary N) is 1. The van der Waals surface area contributed by atoms with Crippen LogP contribution in [-0.2, 0) is 9.63 Å². The minimum atomic E-state index is -0.910. The summed E-state index contributed by atoms with van der Waals surface area (Å²) in [5.74, 6) is -0.910. The Hall–Kier alpha value is 0.116. The molecule has 3 N–H and O–H groups in total. The highest BCUT2D eigenvalue weighted by atomic mass is 24.3. The van der Waals surface area contributed by atoms with Crippen molar-refractivity contribution in [3.8, 4) is 0 Å². The van der Waals surface area contributed by atoms with Crippen molar-refractivity contribution in [3.05, 3.63) is 0 Å². The first-order chi connectivity index (χ1) is 5.20. The summed E-state index contributed by atoms with van der Waals surface area (Å²) in [5, 5.41) is 9.71. The summed E-state index contributed by atoms with van der Waals surface area (Å²) in [7, 11) is 0.